The van der Waals surface area contributed by atoms with Gasteiger partial charge in [-0.05, 0) is 24.3 Å². The van der Waals surface area contributed by atoms with Crippen LogP contribution in [0.25, 0.3) is 21.7 Å². The molecule has 0 spiro atoms. The summed E-state index contributed by atoms with van der Waals surface area (Å²) in [5, 5.41) is 10.5. The molecular weight excluding hydrogens is 347 g/mol. The lowest BCUT2D eigenvalue weighted by molar-refractivity contribution is 0.195. The van der Waals surface area contributed by atoms with E-state index in [9.17, 15) is 9.18 Å². The van der Waals surface area contributed by atoms with Gasteiger partial charge in [0, 0.05) is 29.1 Å². The zero-order chi connectivity index (χ0) is 17.6. The molecule has 3 aromatic rings. The Labute approximate surface area is 146 Å². The summed E-state index contributed by atoms with van der Waals surface area (Å²) in [5.74, 6) is 0.831. The van der Waals surface area contributed by atoms with Gasteiger partial charge in [-0.15, -0.1) is 10.2 Å². The Morgan fingerprint density at radius 2 is 2.12 bits per heavy atom. The number of benzene rings is 1. The van der Waals surface area contributed by atoms with E-state index in [2.05, 4.69) is 15.2 Å². The van der Waals surface area contributed by atoms with E-state index in [0.29, 0.717) is 11.3 Å². The molecule has 0 saturated heterocycles. The van der Waals surface area contributed by atoms with Crippen LogP contribution in [0.5, 0.6) is 11.5 Å². The predicted octanol–water partition coefficient (Wildman–Crippen LogP) is 3.29. The van der Waals surface area contributed by atoms with E-state index in [1.54, 1.807) is 36.1 Å². The highest BCUT2D eigenvalue weighted by molar-refractivity contribution is 7.12. The molecule has 1 N–H and O–H groups in total. The number of halogens is 1. The number of nitrogens with zero attached hydrogens (tertiary/aromatic N) is 3. The number of ether oxygens (including phenoxy) is 2. The van der Waals surface area contributed by atoms with Crippen molar-refractivity contribution in [1.29, 1.82) is 0 Å². The summed E-state index contributed by atoms with van der Waals surface area (Å²) in [6.07, 6.45) is 2.47. The number of hydrogen-bond donors (Lipinski definition) is 1. The fourth-order valence-corrected chi connectivity index (χ4v) is 2.71. The van der Waals surface area contributed by atoms with Crippen LogP contribution >= 0.6 is 11.3 Å². The van der Waals surface area contributed by atoms with E-state index in [-0.39, 0.29) is 5.75 Å². The van der Waals surface area contributed by atoms with Gasteiger partial charge in [-0.2, -0.15) is 0 Å². The van der Waals surface area contributed by atoms with Gasteiger partial charge in [0.2, 0.25) is 0 Å². The van der Waals surface area contributed by atoms with Crippen LogP contribution in [-0.4, -0.2) is 35.2 Å². The number of aromatic nitrogens is 3. The van der Waals surface area contributed by atoms with E-state index in [4.69, 9.17) is 9.47 Å². The van der Waals surface area contributed by atoms with Crippen LogP contribution in [0.4, 0.5) is 9.18 Å². The molecule has 9 heteroatoms. The third-order valence-corrected chi connectivity index (χ3v) is 3.99. The van der Waals surface area contributed by atoms with Crippen LogP contribution in [0.2, 0.25) is 0 Å². The Hall–Kier alpha value is -3.07. The molecule has 7 nitrogen and oxygen atoms in total. The van der Waals surface area contributed by atoms with Gasteiger partial charge in [0.25, 0.3) is 0 Å². The lowest BCUT2D eigenvalue weighted by Crippen LogP contribution is -2.25. The smallest absolute Gasteiger partial charge is 0.414 e. The van der Waals surface area contributed by atoms with E-state index >= 15 is 0 Å². The first-order chi connectivity index (χ1) is 12.2. The number of pyridine rings is 1. The maximum absolute atomic E-state index is 12.1. The second-order valence-electron chi connectivity index (χ2n) is 4.77. The molecule has 0 atom stereocenters. The molecule has 25 heavy (non-hydrogen) atoms. The fraction of sp³-hybridized carbons (Fsp3) is 0.125. The molecule has 0 unspecified atom stereocenters. The van der Waals surface area contributed by atoms with Crippen molar-refractivity contribution in [3.63, 3.8) is 0 Å². The van der Waals surface area contributed by atoms with Crippen LogP contribution < -0.4 is 14.8 Å². The van der Waals surface area contributed by atoms with Gasteiger partial charge in [0.1, 0.15) is 22.0 Å². The molecule has 3 rings (SSSR count). The van der Waals surface area contributed by atoms with E-state index < -0.39 is 12.9 Å². The molecule has 128 valence electrons. The van der Waals surface area contributed by atoms with Crippen LogP contribution in [0, 0.1) is 0 Å². The lowest BCUT2D eigenvalue weighted by atomic mass is 10.0. The highest BCUT2D eigenvalue weighted by Gasteiger charge is 2.12. The fourth-order valence-electron chi connectivity index (χ4n) is 2.18. The maximum Gasteiger partial charge on any atom is 0.414 e. The Kier molecular flexibility index (Phi) is 5.14. The second-order valence-corrected chi connectivity index (χ2v) is 5.60. The number of hydrogen-bond acceptors (Lipinski definition) is 7. The minimum atomic E-state index is -1.00. The van der Waals surface area contributed by atoms with Crippen molar-refractivity contribution in [3.8, 4) is 33.2 Å². The summed E-state index contributed by atoms with van der Waals surface area (Å²) in [5.41, 5.74) is 3.87. The van der Waals surface area contributed by atoms with Crippen molar-refractivity contribution in [1.82, 2.24) is 20.5 Å². The average molecular weight is 360 g/mol. The summed E-state index contributed by atoms with van der Waals surface area (Å²) in [6, 6.07) is 6.72. The molecule has 0 aliphatic rings. The summed E-state index contributed by atoms with van der Waals surface area (Å²) >= 11 is 1.40. The molecule has 1 aromatic carbocycles. The Morgan fingerprint density at radius 1 is 1.28 bits per heavy atom. The zero-order valence-corrected chi connectivity index (χ0v) is 13.9. The average Bonchev–Trinajstić information content (AvgIpc) is 3.17. The van der Waals surface area contributed by atoms with Gasteiger partial charge in [0.15, 0.2) is 6.80 Å². The second kappa shape index (κ2) is 7.67. The third-order valence-electron chi connectivity index (χ3n) is 3.25. The van der Waals surface area contributed by atoms with E-state index in [0.717, 1.165) is 16.1 Å². The number of carbonyl (C=O) groups excluding carboxylic acids is 1. The molecule has 0 aliphatic heterocycles. The SMILES string of the molecule is COc1ccc(OC(=O)NCF)cc1-c1cncc(-c2nncs2)c1. The van der Waals surface area contributed by atoms with E-state index in [1.807, 2.05) is 11.4 Å². The van der Waals surface area contributed by atoms with Crippen molar-refractivity contribution < 1.29 is 18.7 Å². The first-order valence-corrected chi connectivity index (χ1v) is 8.01. The summed E-state index contributed by atoms with van der Waals surface area (Å²) in [4.78, 5) is 15.6. The first kappa shape index (κ1) is 16.8. The molecule has 1 amide bonds. The quantitative estimate of drug-likeness (QED) is 0.703. The van der Waals surface area contributed by atoms with Gasteiger partial charge in [0.05, 0.1) is 7.11 Å². The predicted molar refractivity (Wildman–Crippen MR) is 90.3 cm³/mol. The van der Waals surface area contributed by atoms with Crippen molar-refractivity contribution in [2.24, 2.45) is 0 Å². The molecule has 0 fully saturated rings. The van der Waals surface area contributed by atoms with Crippen LogP contribution in [-0.2, 0) is 0 Å². The van der Waals surface area contributed by atoms with Crippen LogP contribution in [0.15, 0.2) is 42.2 Å². The number of methoxy groups -OCH3 is 1. The number of nitrogens with one attached hydrogen (secondary N) is 1. The Morgan fingerprint density at radius 3 is 2.84 bits per heavy atom. The van der Waals surface area contributed by atoms with Gasteiger partial charge < -0.3 is 9.47 Å². The number of rotatable bonds is 5. The van der Waals surface area contributed by atoms with Crippen LogP contribution in [0.1, 0.15) is 0 Å². The van der Waals surface area contributed by atoms with Crippen molar-refractivity contribution in [3.05, 3.63) is 42.2 Å². The topological polar surface area (TPSA) is 86.2 Å². The van der Waals surface area contributed by atoms with Gasteiger partial charge in [-0.25, -0.2) is 9.18 Å². The standard InChI is InChI=1S/C16H13FN4O3S/c1-23-14-3-2-12(24-16(22)19-8-17)5-13(14)10-4-11(7-18-6-10)15-21-20-9-25-15/h2-7,9H,8H2,1H3,(H,19,22). The van der Waals surface area contributed by atoms with Crippen molar-refractivity contribution >= 4 is 17.4 Å². The van der Waals surface area contributed by atoms with E-state index in [1.165, 1.54) is 18.4 Å². The highest BCUT2D eigenvalue weighted by atomic mass is 32.1. The molecule has 0 aliphatic carbocycles. The minimum absolute atomic E-state index is 0.253. The zero-order valence-electron chi connectivity index (χ0n) is 13.1. The normalized spacial score (nSPS) is 10.3. The summed E-state index contributed by atoms with van der Waals surface area (Å²) in [7, 11) is 1.54. The Bertz CT molecular complexity index is 874. The largest absolute Gasteiger partial charge is 0.496 e. The summed E-state index contributed by atoms with van der Waals surface area (Å²) in [6.45, 7) is -1.00. The molecule has 2 heterocycles. The van der Waals surface area contributed by atoms with Crippen molar-refractivity contribution in [2.75, 3.05) is 13.9 Å². The highest BCUT2D eigenvalue weighted by Crippen LogP contribution is 2.35. The third kappa shape index (κ3) is 3.89. The van der Waals surface area contributed by atoms with Gasteiger partial charge in [-0.1, -0.05) is 11.3 Å². The number of alkyl halides is 1. The number of carbonyl (C=O) groups is 1. The molecular formula is C16H13FN4O3S. The molecule has 2 aromatic heterocycles. The minimum Gasteiger partial charge on any atom is -0.496 e. The van der Waals surface area contributed by atoms with Gasteiger partial charge in [-0.3, -0.25) is 10.3 Å². The first-order valence-electron chi connectivity index (χ1n) is 7.13. The van der Waals surface area contributed by atoms with Gasteiger partial charge >= 0.3 is 6.09 Å². The van der Waals surface area contributed by atoms with Crippen LogP contribution in [0.3, 0.4) is 0 Å². The molecule has 0 saturated carbocycles. The summed E-state index contributed by atoms with van der Waals surface area (Å²) < 4.78 is 22.5. The molecule has 0 bridgehead atoms. The Balaban J connectivity index is 1.97. The number of amides is 1. The monoisotopic (exact) mass is 360 g/mol. The van der Waals surface area contributed by atoms with Crippen molar-refractivity contribution in [2.45, 2.75) is 0 Å². The molecule has 0 radical (unpaired) electrons. The lowest BCUT2D eigenvalue weighted by Gasteiger charge is -2.11. The maximum atomic E-state index is 12.1.